The first-order chi connectivity index (χ1) is 42.7. The van der Waals surface area contributed by atoms with Gasteiger partial charge in [0.1, 0.15) is 42.0 Å². The maximum atomic E-state index is 15.3. The number of nitrogens with one attached hydrogen (secondary N) is 1. The Labute approximate surface area is 553 Å². The fraction of sp³-hybridized carbons (Fsp3) is 0.814. The first kappa shape index (κ1) is 82.5. The molecule has 2 saturated heterocycles. The molecule has 0 unspecified atom stereocenters. The zero-order valence-electron chi connectivity index (χ0n) is 60.9. The maximum absolute atomic E-state index is 15.3. The third-order valence-electron chi connectivity index (χ3n) is 19.1. The van der Waals surface area contributed by atoms with Crippen LogP contribution in [-0.4, -0.2) is 246 Å². The minimum atomic E-state index is -1.61. The Morgan fingerprint density at radius 3 is 1.51 bits per heavy atom. The molecule has 14 atom stereocenters. The number of allylic oxidation sites excluding steroid dienone is 2. The van der Waals surface area contributed by atoms with Gasteiger partial charge in [0.25, 0.3) is 0 Å². The Bertz CT molecular complexity index is 2510. The van der Waals surface area contributed by atoms with Crippen LogP contribution in [0.1, 0.15) is 175 Å². The van der Waals surface area contributed by atoms with Crippen molar-refractivity contribution in [2.45, 2.75) is 230 Å². The van der Waals surface area contributed by atoms with Crippen molar-refractivity contribution < 1.29 is 62.6 Å². The van der Waals surface area contributed by atoms with E-state index in [9.17, 15) is 24.3 Å². The number of ether oxygens (including phenoxy) is 1. The number of carbonyl (C=O) groups excluding carboxylic acids is 11. The lowest BCUT2D eigenvalue weighted by Gasteiger charge is -2.41. The Hall–Kier alpha value is -5.61. The van der Waals surface area contributed by atoms with Crippen LogP contribution >= 0.6 is 0 Å². The number of Topliss-reactive ketones (excluding diaryl/α,β-unsaturated/α-hetero) is 3. The van der Waals surface area contributed by atoms with Crippen LogP contribution < -0.4 is 5.32 Å². The number of hydrogen-bond donors (Lipinski definition) is 2. The molecule has 0 aromatic heterocycles. The van der Waals surface area contributed by atoms with Gasteiger partial charge in [-0.15, -0.1) is 0 Å². The first-order valence-corrected chi connectivity index (χ1v) is 34.1. The summed E-state index contributed by atoms with van der Waals surface area (Å²) in [7, 11) is 10.3. The molecule has 2 aliphatic rings. The van der Waals surface area contributed by atoms with Gasteiger partial charge in [-0.3, -0.25) is 52.7 Å². The second-order valence-corrected chi connectivity index (χ2v) is 29.0. The minimum Gasteiger partial charge on any atom is -0.390 e. The minimum absolute atomic E-state index is 0.0220. The molecular weight excluding hydrogens is 1170 g/mol. The van der Waals surface area contributed by atoms with Gasteiger partial charge in [-0.1, -0.05) is 116 Å². The SMILES string of the molecule is C/C=C/C[C@@H](C)[C@@H](O)[C@H]1C(=O)N[C@@H](CC)C(=O)N(C)[C@H](C)C(=O)N(C)[C@@H]([C@H](C)CN2CCCOCC2)C(=O)C[C@@H](C(C)C)C(=O)N(C)[C@@H](CC(C)C)C(=O)C[C@@H](C)C(=O)C[C@H](C)C(=O)N(C)[C@@H](CC(C)C)C(=O)N(C)[C@@H](CC(C)C)C(=O)N(C)[C@@H](C(C)C)C(=O)N1C. The second-order valence-electron chi connectivity index (χ2n) is 29.0. The normalized spacial score (nSPS) is 28.5. The number of amides is 8. The molecule has 2 aliphatic heterocycles. The van der Waals surface area contributed by atoms with Gasteiger partial charge < -0.3 is 54.4 Å². The first-order valence-electron chi connectivity index (χ1n) is 34.1. The second kappa shape index (κ2) is 38.1. The topological polar surface area (TPSA) is 255 Å². The van der Waals surface area contributed by atoms with E-state index in [1.165, 1.54) is 78.6 Å². The summed E-state index contributed by atoms with van der Waals surface area (Å²) in [4.78, 5) is 175. The molecule has 0 aromatic rings. The van der Waals surface area contributed by atoms with Crippen LogP contribution in [0.5, 0.6) is 0 Å². The third-order valence-corrected chi connectivity index (χ3v) is 19.1. The fourth-order valence-electron chi connectivity index (χ4n) is 13.1. The molecule has 2 heterocycles. The van der Waals surface area contributed by atoms with E-state index >= 15 is 33.6 Å². The van der Waals surface area contributed by atoms with Crippen LogP contribution in [0.25, 0.3) is 0 Å². The van der Waals surface area contributed by atoms with Gasteiger partial charge in [-0.05, 0) is 93.8 Å². The number of aliphatic hydroxyl groups is 1. The van der Waals surface area contributed by atoms with Crippen LogP contribution in [0.3, 0.4) is 0 Å². The van der Waals surface area contributed by atoms with E-state index in [0.29, 0.717) is 39.3 Å². The number of carbonyl (C=O) groups is 11. The van der Waals surface area contributed by atoms with E-state index in [1.54, 1.807) is 54.7 Å². The van der Waals surface area contributed by atoms with E-state index in [-0.39, 0.29) is 74.3 Å². The Morgan fingerprint density at radius 1 is 0.511 bits per heavy atom. The van der Waals surface area contributed by atoms with Crippen molar-refractivity contribution in [3.63, 3.8) is 0 Å². The van der Waals surface area contributed by atoms with Crippen molar-refractivity contribution in [2.24, 2.45) is 59.2 Å². The van der Waals surface area contributed by atoms with Crippen molar-refractivity contribution in [3.8, 4) is 0 Å². The van der Waals surface area contributed by atoms with E-state index in [0.717, 1.165) is 11.3 Å². The molecule has 2 rings (SSSR count). The summed E-state index contributed by atoms with van der Waals surface area (Å²) < 4.78 is 5.74. The summed E-state index contributed by atoms with van der Waals surface area (Å²) in [6.45, 7) is 33.1. The quantitative estimate of drug-likeness (QED) is 0.162. The van der Waals surface area contributed by atoms with Gasteiger partial charge in [-0.25, -0.2) is 0 Å². The van der Waals surface area contributed by atoms with Gasteiger partial charge in [0.15, 0.2) is 11.6 Å². The molecule has 8 amide bonds. The summed E-state index contributed by atoms with van der Waals surface area (Å²) in [5.41, 5.74) is 0. The number of hydrogen-bond acceptors (Lipinski definition) is 14. The molecule has 92 heavy (non-hydrogen) atoms. The molecule has 22 heteroatoms. The lowest BCUT2D eigenvalue weighted by molar-refractivity contribution is -0.157. The van der Waals surface area contributed by atoms with E-state index in [4.69, 9.17) is 4.74 Å². The standard InChI is InChI=1S/C70H123N9O13/c1-25-27-29-46(13)62(83)61-63(84)71-52(26-2)67(88)72(18)50(17)65(86)77(23)60(49(16)40-79-30-28-32-92-33-31-79)58(82)39-51(44(9)10)66(87)73(19)53(34-41(3)4)57(81)37-47(14)56(80)38-48(15)64(85)74(20)54(35-42(5)6)68(89)75(21)55(36-43(7)8)69(90)76(22)59(45(11)12)70(91)78(61)24/h25,27,41-55,59-62,83H,26,28-40H2,1-24H3,(H,71,84)/b27-25+/t46-,47-,48+,49-,50-,51+,52+,53+,54+,55+,59+,60+,61+,62-/m1/s1. The maximum Gasteiger partial charge on any atom is 0.246 e. The number of nitrogens with zero attached hydrogens (tertiary/aromatic N) is 8. The van der Waals surface area contributed by atoms with E-state index in [1.807, 2.05) is 75.3 Å². The molecule has 0 radical (unpaired) electrons. The predicted octanol–water partition coefficient (Wildman–Crippen LogP) is 6.24. The number of rotatable bonds is 16. The largest absolute Gasteiger partial charge is 0.390 e. The summed E-state index contributed by atoms with van der Waals surface area (Å²) >= 11 is 0. The molecule has 0 saturated carbocycles. The van der Waals surface area contributed by atoms with Crippen LogP contribution in [0, 0.1) is 59.2 Å². The summed E-state index contributed by atoms with van der Waals surface area (Å²) in [5, 5.41) is 15.0. The van der Waals surface area contributed by atoms with Gasteiger partial charge >= 0.3 is 0 Å². The van der Waals surface area contributed by atoms with Crippen molar-refractivity contribution in [3.05, 3.63) is 12.2 Å². The van der Waals surface area contributed by atoms with Gasteiger partial charge in [0, 0.05) is 113 Å². The Morgan fingerprint density at radius 2 is 1.00 bits per heavy atom. The molecular formula is C70H123N9O13. The van der Waals surface area contributed by atoms with E-state index < -0.39 is 149 Å². The highest BCUT2D eigenvalue weighted by atomic mass is 16.5. The third kappa shape index (κ3) is 22.5. The van der Waals surface area contributed by atoms with Crippen molar-refractivity contribution in [1.29, 1.82) is 0 Å². The molecule has 0 spiro atoms. The lowest BCUT2D eigenvalue weighted by Crippen LogP contribution is -2.63. The molecule has 2 fully saturated rings. The average molecular weight is 1300 g/mol. The van der Waals surface area contributed by atoms with Crippen molar-refractivity contribution >= 4 is 64.6 Å². The number of ketones is 3. The number of likely N-dealkylation sites (N-methyl/N-ethyl adjacent to an activating group) is 7. The van der Waals surface area contributed by atoms with Crippen LogP contribution in [-0.2, 0) is 57.5 Å². The zero-order valence-corrected chi connectivity index (χ0v) is 60.9. The molecule has 0 aliphatic carbocycles. The average Bonchev–Trinajstić information content (AvgIpc) is 0.875. The monoisotopic (exact) mass is 1300 g/mol. The van der Waals surface area contributed by atoms with E-state index in [2.05, 4.69) is 10.2 Å². The van der Waals surface area contributed by atoms with Crippen molar-refractivity contribution in [1.82, 2.24) is 44.5 Å². The predicted molar refractivity (Wildman–Crippen MR) is 358 cm³/mol. The highest BCUT2D eigenvalue weighted by molar-refractivity contribution is 6.00. The molecule has 2 N–H and O–H groups in total. The summed E-state index contributed by atoms with van der Waals surface area (Å²) in [5.74, 6) is -11.2. The van der Waals surface area contributed by atoms with Gasteiger partial charge in [0.05, 0.1) is 24.8 Å². The van der Waals surface area contributed by atoms with Crippen molar-refractivity contribution in [2.75, 3.05) is 82.2 Å². The molecule has 0 aromatic carbocycles. The zero-order chi connectivity index (χ0) is 70.7. The van der Waals surface area contributed by atoms with Crippen LogP contribution in [0.15, 0.2) is 12.2 Å². The van der Waals surface area contributed by atoms with Crippen LogP contribution in [0.2, 0.25) is 0 Å². The van der Waals surface area contributed by atoms with Gasteiger partial charge in [0.2, 0.25) is 47.3 Å². The Kier molecular flexibility index (Phi) is 34.1. The number of aliphatic hydroxyl groups excluding tert-OH is 1. The lowest BCUT2D eigenvalue weighted by atomic mass is 9.83. The molecule has 0 bridgehead atoms. The smallest absolute Gasteiger partial charge is 0.246 e. The van der Waals surface area contributed by atoms with Gasteiger partial charge in [-0.2, -0.15) is 0 Å². The summed E-state index contributed by atoms with van der Waals surface area (Å²) in [6.07, 6.45) is 3.04. The fourth-order valence-corrected chi connectivity index (χ4v) is 13.1. The highest BCUT2D eigenvalue weighted by Gasteiger charge is 2.46. The summed E-state index contributed by atoms with van der Waals surface area (Å²) in [6, 6.07) is -9.65. The highest BCUT2D eigenvalue weighted by Crippen LogP contribution is 2.30. The van der Waals surface area contributed by atoms with Crippen LogP contribution in [0.4, 0.5) is 0 Å². The Balaban J connectivity index is 3.05. The molecule has 22 nitrogen and oxygen atoms in total. The molecule has 526 valence electrons.